The van der Waals surface area contributed by atoms with Gasteiger partial charge in [0.15, 0.2) is 0 Å². The van der Waals surface area contributed by atoms with Gasteiger partial charge >= 0.3 is 0 Å². The van der Waals surface area contributed by atoms with Crippen molar-refractivity contribution in [1.29, 1.82) is 5.26 Å². The van der Waals surface area contributed by atoms with E-state index in [1.54, 1.807) is 11.9 Å². The highest BCUT2D eigenvalue weighted by Gasteiger charge is 2.29. The lowest BCUT2D eigenvalue weighted by Gasteiger charge is -2.32. The average molecular weight is 181 g/mol. The molecule has 0 aliphatic carbocycles. The Morgan fingerprint density at radius 3 is 2.77 bits per heavy atom. The molecule has 0 spiro atoms. The van der Waals surface area contributed by atoms with E-state index < -0.39 is 0 Å². The SMILES string of the molecule is CC(CC#N)N(C)C(=O)C1CNC1. The summed E-state index contributed by atoms with van der Waals surface area (Å²) in [5.41, 5.74) is 0. The van der Waals surface area contributed by atoms with E-state index in [1.807, 2.05) is 6.92 Å². The molecule has 1 saturated heterocycles. The second-order valence-electron chi connectivity index (χ2n) is 3.52. The summed E-state index contributed by atoms with van der Waals surface area (Å²) in [5.74, 6) is 0.285. The highest BCUT2D eigenvalue weighted by atomic mass is 16.2. The Kier molecular flexibility index (Phi) is 3.26. The molecule has 13 heavy (non-hydrogen) atoms. The molecule has 0 aromatic carbocycles. The minimum absolute atomic E-state index is 0.0260. The number of nitrogens with one attached hydrogen (secondary N) is 1. The molecule has 1 aliphatic heterocycles. The van der Waals surface area contributed by atoms with Gasteiger partial charge in [0.2, 0.25) is 5.91 Å². The van der Waals surface area contributed by atoms with Crippen molar-refractivity contribution in [3.8, 4) is 6.07 Å². The van der Waals surface area contributed by atoms with Gasteiger partial charge in [-0.2, -0.15) is 5.26 Å². The van der Waals surface area contributed by atoms with E-state index in [-0.39, 0.29) is 17.9 Å². The zero-order chi connectivity index (χ0) is 9.84. The van der Waals surface area contributed by atoms with Gasteiger partial charge < -0.3 is 10.2 Å². The monoisotopic (exact) mass is 181 g/mol. The number of amides is 1. The maximum absolute atomic E-state index is 11.6. The van der Waals surface area contributed by atoms with Crippen molar-refractivity contribution in [3.05, 3.63) is 0 Å². The van der Waals surface area contributed by atoms with Crippen LogP contribution in [0.25, 0.3) is 0 Å². The van der Waals surface area contributed by atoms with Crippen LogP contribution in [0.5, 0.6) is 0 Å². The molecule has 0 bridgehead atoms. The standard InChI is InChI=1S/C9H15N3O/c1-7(3-4-10)12(2)9(13)8-5-11-6-8/h7-8,11H,3,5-6H2,1-2H3. The lowest BCUT2D eigenvalue weighted by atomic mass is 10.0. The number of hydrogen-bond acceptors (Lipinski definition) is 3. The van der Waals surface area contributed by atoms with Crippen molar-refractivity contribution < 1.29 is 4.79 Å². The Labute approximate surface area is 78.5 Å². The smallest absolute Gasteiger partial charge is 0.228 e. The third kappa shape index (κ3) is 2.19. The Bertz CT molecular complexity index is 230. The van der Waals surface area contributed by atoms with Gasteiger partial charge in [-0.1, -0.05) is 0 Å². The summed E-state index contributed by atoms with van der Waals surface area (Å²) in [5, 5.41) is 11.5. The van der Waals surface area contributed by atoms with Crippen molar-refractivity contribution in [1.82, 2.24) is 10.2 Å². The number of rotatable bonds is 3. The fourth-order valence-electron chi connectivity index (χ4n) is 1.24. The van der Waals surface area contributed by atoms with Crippen LogP contribution in [-0.4, -0.2) is 37.0 Å². The summed E-state index contributed by atoms with van der Waals surface area (Å²) in [4.78, 5) is 13.3. The maximum Gasteiger partial charge on any atom is 0.228 e. The number of nitrogens with zero attached hydrogens (tertiary/aromatic N) is 2. The Hall–Kier alpha value is -1.08. The number of carbonyl (C=O) groups is 1. The predicted octanol–water partition coefficient (Wildman–Crippen LogP) is -0.0336. The molecule has 1 atom stereocenters. The van der Waals surface area contributed by atoms with Crippen LogP contribution in [0.2, 0.25) is 0 Å². The average Bonchev–Trinajstić information content (AvgIpc) is 2.00. The van der Waals surface area contributed by atoms with Crippen molar-refractivity contribution in [3.63, 3.8) is 0 Å². The summed E-state index contributed by atoms with van der Waals surface area (Å²) in [6.45, 7) is 3.46. The van der Waals surface area contributed by atoms with Crippen molar-refractivity contribution in [2.24, 2.45) is 5.92 Å². The Morgan fingerprint density at radius 1 is 1.77 bits per heavy atom. The quantitative estimate of drug-likeness (QED) is 0.665. The van der Waals surface area contributed by atoms with Crippen molar-refractivity contribution in [2.45, 2.75) is 19.4 Å². The number of nitriles is 1. The normalized spacial score (nSPS) is 18.5. The van der Waals surface area contributed by atoms with Crippen LogP contribution >= 0.6 is 0 Å². The van der Waals surface area contributed by atoms with Crippen molar-refractivity contribution in [2.75, 3.05) is 20.1 Å². The minimum atomic E-state index is 0.0260. The molecule has 0 aromatic rings. The zero-order valence-corrected chi connectivity index (χ0v) is 8.08. The molecule has 1 amide bonds. The topological polar surface area (TPSA) is 56.1 Å². The van der Waals surface area contributed by atoms with Gasteiger partial charge in [0.05, 0.1) is 18.4 Å². The second kappa shape index (κ2) is 4.24. The highest BCUT2D eigenvalue weighted by molar-refractivity contribution is 5.80. The van der Waals surface area contributed by atoms with Gasteiger partial charge in [-0.05, 0) is 6.92 Å². The fraction of sp³-hybridized carbons (Fsp3) is 0.778. The third-order valence-electron chi connectivity index (χ3n) is 2.53. The molecule has 0 saturated carbocycles. The fourth-order valence-corrected chi connectivity index (χ4v) is 1.24. The maximum atomic E-state index is 11.6. The summed E-state index contributed by atoms with van der Waals surface area (Å²) >= 11 is 0. The summed E-state index contributed by atoms with van der Waals surface area (Å²) in [6.07, 6.45) is 0.405. The molecule has 0 aromatic heterocycles. The molecule has 4 nitrogen and oxygen atoms in total. The van der Waals surface area contributed by atoms with E-state index in [0.29, 0.717) is 6.42 Å². The second-order valence-corrected chi connectivity index (χ2v) is 3.52. The van der Waals surface area contributed by atoms with E-state index in [1.165, 1.54) is 0 Å². The largest absolute Gasteiger partial charge is 0.342 e. The van der Waals surface area contributed by atoms with Crippen LogP contribution in [0.1, 0.15) is 13.3 Å². The first-order chi connectivity index (χ1) is 6.16. The first-order valence-corrected chi connectivity index (χ1v) is 4.51. The lowest BCUT2D eigenvalue weighted by Crippen LogP contribution is -2.52. The van der Waals surface area contributed by atoms with Crippen LogP contribution in [0.15, 0.2) is 0 Å². The highest BCUT2D eigenvalue weighted by Crippen LogP contribution is 2.10. The zero-order valence-electron chi connectivity index (χ0n) is 8.08. The van der Waals surface area contributed by atoms with E-state index >= 15 is 0 Å². The number of carbonyl (C=O) groups excluding carboxylic acids is 1. The van der Waals surface area contributed by atoms with Gasteiger partial charge in [0.1, 0.15) is 0 Å². The van der Waals surface area contributed by atoms with Crippen molar-refractivity contribution >= 4 is 5.91 Å². The molecular weight excluding hydrogens is 166 g/mol. The van der Waals surface area contributed by atoms with E-state index in [9.17, 15) is 4.79 Å². The molecule has 1 rings (SSSR count). The molecule has 1 aliphatic rings. The number of hydrogen-bond donors (Lipinski definition) is 1. The molecule has 0 radical (unpaired) electrons. The van der Waals surface area contributed by atoms with E-state index in [0.717, 1.165) is 13.1 Å². The van der Waals surface area contributed by atoms with Crippen LogP contribution in [0.4, 0.5) is 0 Å². The molecule has 72 valence electrons. The minimum Gasteiger partial charge on any atom is -0.342 e. The van der Waals surface area contributed by atoms with Gasteiger partial charge in [-0.15, -0.1) is 0 Å². The summed E-state index contributed by atoms with van der Waals surface area (Å²) in [6, 6.07) is 2.09. The first kappa shape index (κ1) is 10.0. The summed E-state index contributed by atoms with van der Waals surface area (Å²) < 4.78 is 0. The van der Waals surface area contributed by atoms with Crippen LogP contribution in [-0.2, 0) is 4.79 Å². The molecule has 1 unspecified atom stereocenters. The van der Waals surface area contributed by atoms with E-state index in [4.69, 9.17) is 5.26 Å². The predicted molar refractivity (Wildman–Crippen MR) is 48.8 cm³/mol. The lowest BCUT2D eigenvalue weighted by molar-refractivity contribution is -0.137. The first-order valence-electron chi connectivity index (χ1n) is 4.51. The van der Waals surface area contributed by atoms with Gasteiger partial charge in [0.25, 0.3) is 0 Å². The van der Waals surface area contributed by atoms with Crippen LogP contribution < -0.4 is 5.32 Å². The molecule has 1 heterocycles. The molecule has 1 fully saturated rings. The van der Waals surface area contributed by atoms with Gasteiger partial charge in [-0.25, -0.2) is 0 Å². The van der Waals surface area contributed by atoms with Gasteiger partial charge in [0, 0.05) is 26.2 Å². The third-order valence-corrected chi connectivity index (χ3v) is 2.53. The van der Waals surface area contributed by atoms with Gasteiger partial charge in [-0.3, -0.25) is 4.79 Å². The summed E-state index contributed by atoms with van der Waals surface area (Å²) in [7, 11) is 1.77. The molecular formula is C9H15N3O. The van der Waals surface area contributed by atoms with E-state index in [2.05, 4.69) is 11.4 Å². The van der Waals surface area contributed by atoms with Crippen LogP contribution in [0.3, 0.4) is 0 Å². The molecule has 4 heteroatoms. The Morgan fingerprint density at radius 2 is 2.38 bits per heavy atom. The Balaban J connectivity index is 2.41. The molecule has 1 N–H and O–H groups in total. The van der Waals surface area contributed by atoms with Crippen LogP contribution in [0, 0.1) is 17.2 Å².